The van der Waals surface area contributed by atoms with Gasteiger partial charge in [0.25, 0.3) is 5.91 Å². The second-order valence-corrected chi connectivity index (χ2v) is 6.37. The first-order chi connectivity index (χ1) is 12.8. The molecule has 0 N–H and O–H groups in total. The van der Waals surface area contributed by atoms with Crippen LogP contribution in [0.5, 0.6) is 5.75 Å². The Labute approximate surface area is 153 Å². The van der Waals surface area contributed by atoms with Crippen molar-refractivity contribution in [3.8, 4) is 5.75 Å². The minimum Gasteiger partial charge on any atom is -0.497 e. The van der Waals surface area contributed by atoms with Crippen molar-refractivity contribution < 1.29 is 9.53 Å². The summed E-state index contributed by atoms with van der Waals surface area (Å²) in [6, 6.07) is 19.8. The Morgan fingerprint density at radius 2 is 1.96 bits per heavy atom. The van der Waals surface area contributed by atoms with Crippen molar-refractivity contribution in [2.75, 3.05) is 13.7 Å². The number of rotatable bonds is 3. The molecule has 1 amide bonds. The largest absolute Gasteiger partial charge is 0.497 e. The van der Waals surface area contributed by atoms with Crippen LogP contribution in [0.1, 0.15) is 33.1 Å². The molecule has 0 bridgehead atoms. The van der Waals surface area contributed by atoms with Crippen LogP contribution in [0.3, 0.4) is 0 Å². The lowest BCUT2D eigenvalue weighted by Gasteiger charge is -2.38. The number of carbonyl (C=O) groups excluding carboxylic acids is 1. The first-order valence-electron chi connectivity index (χ1n) is 8.70. The Bertz CT molecular complexity index is 910. The summed E-state index contributed by atoms with van der Waals surface area (Å²) in [7, 11) is 1.67. The van der Waals surface area contributed by atoms with Gasteiger partial charge < -0.3 is 9.64 Å². The summed E-state index contributed by atoms with van der Waals surface area (Å²) in [6.07, 6.45) is 4.14. The summed E-state index contributed by atoms with van der Waals surface area (Å²) in [5.41, 5.74) is 4.09. The fourth-order valence-electron chi connectivity index (χ4n) is 3.59. The SMILES string of the molecule is COc1ccc2c(c1)C(c1ccccc1)N(C(=O)c1cccnc1)CC2. The van der Waals surface area contributed by atoms with E-state index < -0.39 is 0 Å². The fourth-order valence-corrected chi connectivity index (χ4v) is 3.59. The molecule has 26 heavy (non-hydrogen) atoms. The number of amides is 1. The van der Waals surface area contributed by atoms with Gasteiger partial charge in [-0.25, -0.2) is 0 Å². The van der Waals surface area contributed by atoms with Crippen LogP contribution in [-0.4, -0.2) is 29.4 Å². The lowest BCUT2D eigenvalue weighted by molar-refractivity contribution is 0.0694. The van der Waals surface area contributed by atoms with Crippen LogP contribution in [0.4, 0.5) is 0 Å². The number of aromatic nitrogens is 1. The van der Waals surface area contributed by atoms with Crippen LogP contribution < -0.4 is 4.74 Å². The highest BCUT2D eigenvalue weighted by atomic mass is 16.5. The van der Waals surface area contributed by atoms with Gasteiger partial charge in [0.15, 0.2) is 0 Å². The van der Waals surface area contributed by atoms with Crippen molar-refractivity contribution in [2.24, 2.45) is 0 Å². The molecule has 0 saturated carbocycles. The minimum atomic E-state index is -0.136. The average Bonchev–Trinajstić information content (AvgIpc) is 2.73. The van der Waals surface area contributed by atoms with Gasteiger partial charge in [0.1, 0.15) is 5.75 Å². The first-order valence-corrected chi connectivity index (χ1v) is 8.70. The number of ether oxygens (including phenoxy) is 1. The van der Waals surface area contributed by atoms with Gasteiger partial charge >= 0.3 is 0 Å². The zero-order valence-electron chi connectivity index (χ0n) is 14.6. The summed E-state index contributed by atoms with van der Waals surface area (Å²) in [5, 5.41) is 0. The summed E-state index contributed by atoms with van der Waals surface area (Å²) in [6.45, 7) is 0.673. The van der Waals surface area contributed by atoms with Gasteiger partial charge in [0.2, 0.25) is 0 Å². The molecule has 0 radical (unpaired) electrons. The Kier molecular flexibility index (Phi) is 4.40. The highest BCUT2D eigenvalue weighted by Crippen LogP contribution is 2.37. The fraction of sp³-hybridized carbons (Fsp3) is 0.182. The van der Waals surface area contributed by atoms with Crippen molar-refractivity contribution in [3.63, 3.8) is 0 Å². The van der Waals surface area contributed by atoms with Crippen LogP contribution in [-0.2, 0) is 6.42 Å². The topological polar surface area (TPSA) is 42.4 Å². The molecule has 1 unspecified atom stereocenters. The molecule has 4 rings (SSSR count). The van der Waals surface area contributed by atoms with Crippen molar-refractivity contribution in [1.29, 1.82) is 0 Å². The highest BCUT2D eigenvalue weighted by Gasteiger charge is 2.32. The molecular weight excluding hydrogens is 324 g/mol. The Morgan fingerprint density at radius 1 is 1.12 bits per heavy atom. The maximum atomic E-state index is 13.2. The number of hydrogen-bond donors (Lipinski definition) is 0. The third-order valence-electron chi connectivity index (χ3n) is 4.87. The molecule has 1 aliphatic rings. The van der Waals surface area contributed by atoms with Gasteiger partial charge in [-0.05, 0) is 47.4 Å². The molecule has 2 heterocycles. The van der Waals surface area contributed by atoms with E-state index in [9.17, 15) is 4.79 Å². The number of carbonyl (C=O) groups is 1. The molecule has 0 spiro atoms. The maximum absolute atomic E-state index is 13.2. The van der Waals surface area contributed by atoms with Crippen LogP contribution in [0.2, 0.25) is 0 Å². The molecule has 0 saturated heterocycles. The van der Waals surface area contributed by atoms with Gasteiger partial charge in [-0.2, -0.15) is 0 Å². The van der Waals surface area contributed by atoms with E-state index in [1.807, 2.05) is 35.2 Å². The minimum absolute atomic E-state index is 0.000392. The number of pyridine rings is 1. The van der Waals surface area contributed by atoms with Crippen LogP contribution in [0, 0.1) is 0 Å². The summed E-state index contributed by atoms with van der Waals surface area (Å²) >= 11 is 0. The van der Waals surface area contributed by atoms with Gasteiger partial charge in [-0.15, -0.1) is 0 Å². The van der Waals surface area contributed by atoms with E-state index in [4.69, 9.17) is 4.74 Å². The van der Waals surface area contributed by atoms with E-state index in [2.05, 4.69) is 29.2 Å². The van der Waals surface area contributed by atoms with E-state index in [0.29, 0.717) is 12.1 Å². The lowest BCUT2D eigenvalue weighted by atomic mass is 9.87. The predicted octanol–water partition coefficient (Wildman–Crippen LogP) is 3.88. The molecule has 0 aliphatic carbocycles. The second-order valence-electron chi connectivity index (χ2n) is 6.37. The summed E-state index contributed by atoms with van der Waals surface area (Å²) in [4.78, 5) is 19.2. The van der Waals surface area contributed by atoms with Crippen molar-refractivity contribution >= 4 is 5.91 Å². The number of fused-ring (bicyclic) bond motifs is 1. The molecule has 2 aromatic carbocycles. The van der Waals surface area contributed by atoms with Crippen LogP contribution in [0.15, 0.2) is 73.1 Å². The molecule has 3 aromatic rings. The molecule has 1 aromatic heterocycles. The Morgan fingerprint density at radius 3 is 2.69 bits per heavy atom. The average molecular weight is 344 g/mol. The lowest BCUT2D eigenvalue weighted by Crippen LogP contribution is -2.40. The number of nitrogens with zero attached hydrogens (tertiary/aromatic N) is 2. The molecular formula is C22H20N2O2. The second kappa shape index (κ2) is 7.00. The third kappa shape index (κ3) is 2.94. The molecule has 1 atom stereocenters. The first kappa shape index (κ1) is 16.3. The van der Waals surface area contributed by atoms with E-state index in [-0.39, 0.29) is 11.9 Å². The molecule has 4 nitrogen and oxygen atoms in total. The number of methoxy groups -OCH3 is 1. The quantitative estimate of drug-likeness (QED) is 0.724. The summed E-state index contributed by atoms with van der Waals surface area (Å²) in [5.74, 6) is 0.806. The molecule has 4 heteroatoms. The normalized spacial score (nSPS) is 16.0. The van der Waals surface area contributed by atoms with E-state index >= 15 is 0 Å². The molecule has 1 aliphatic heterocycles. The third-order valence-corrected chi connectivity index (χ3v) is 4.87. The van der Waals surface area contributed by atoms with E-state index in [1.54, 1.807) is 25.6 Å². The monoisotopic (exact) mass is 344 g/mol. The van der Waals surface area contributed by atoms with Crippen molar-refractivity contribution in [2.45, 2.75) is 12.5 Å². The van der Waals surface area contributed by atoms with Crippen molar-refractivity contribution in [3.05, 3.63) is 95.3 Å². The highest BCUT2D eigenvalue weighted by molar-refractivity contribution is 5.94. The van der Waals surface area contributed by atoms with Gasteiger partial charge in [-0.1, -0.05) is 36.4 Å². The number of benzene rings is 2. The van der Waals surface area contributed by atoms with Gasteiger partial charge in [-0.3, -0.25) is 9.78 Å². The Balaban J connectivity index is 1.82. The molecule has 130 valence electrons. The maximum Gasteiger partial charge on any atom is 0.256 e. The van der Waals surface area contributed by atoms with Crippen molar-refractivity contribution in [1.82, 2.24) is 9.88 Å². The van der Waals surface area contributed by atoms with Gasteiger partial charge in [0, 0.05) is 18.9 Å². The van der Waals surface area contributed by atoms with Gasteiger partial charge in [0.05, 0.1) is 18.7 Å². The summed E-state index contributed by atoms with van der Waals surface area (Å²) < 4.78 is 5.43. The zero-order valence-corrected chi connectivity index (χ0v) is 14.6. The number of hydrogen-bond acceptors (Lipinski definition) is 3. The zero-order chi connectivity index (χ0) is 17.9. The molecule has 0 fully saturated rings. The standard InChI is InChI=1S/C22H20N2O2/c1-26-19-10-9-16-11-13-24(22(25)18-8-5-12-23-15-18)21(20(16)14-19)17-6-3-2-4-7-17/h2-10,12,14-15,21H,11,13H2,1H3. The van der Waals surface area contributed by atoms with E-state index in [0.717, 1.165) is 23.3 Å². The van der Waals surface area contributed by atoms with Crippen LogP contribution in [0.25, 0.3) is 0 Å². The van der Waals surface area contributed by atoms with Crippen LogP contribution >= 0.6 is 0 Å². The predicted molar refractivity (Wildman–Crippen MR) is 100 cm³/mol. The van der Waals surface area contributed by atoms with E-state index in [1.165, 1.54) is 5.56 Å². The Hall–Kier alpha value is -3.14. The smallest absolute Gasteiger partial charge is 0.256 e.